The zero-order chi connectivity index (χ0) is 14.8. The fraction of sp³-hybridized carbons (Fsp3) is 1.00. The minimum atomic E-state index is -0.198. The van der Waals surface area contributed by atoms with Crippen LogP contribution in [0.1, 0.15) is 78.6 Å². The van der Waals surface area contributed by atoms with Crippen LogP contribution < -0.4 is 0 Å². The molecule has 2 rings (SSSR count). The third-order valence-electron chi connectivity index (χ3n) is 5.82. The Morgan fingerprint density at radius 2 is 1.65 bits per heavy atom. The Kier molecular flexibility index (Phi) is 5.53. The Balaban J connectivity index is 1.82. The smallest absolute Gasteiger partial charge is 0.0569 e. The molecule has 0 spiro atoms. The van der Waals surface area contributed by atoms with E-state index in [1.807, 2.05) is 0 Å². The summed E-state index contributed by atoms with van der Waals surface area (Å²) >= 11 is 0. The van der Waals surface area contributed by atoms with Crippen molar-refractivity contribution < 1.29 is 10.2 Å². The van der Waals surface area contributed by atoms with Crippen LogP contribution in [0.3, 0.4) is 0 Å². The van der Waals surface area contributed by atoms with Crippen LogP contribution in [0.2, 0.25) is 0 Å². The fourth-order valence-electron chi connectivity index (χ4n) is 4.36. The fourth-order valence-corrected chi connectivity index (χ4v) is 4.36. The molecule has 2 N–H and O–H groups in total. The first-order valence-corrected chi connectivity index (χ1v) is 8.72. The summed E-state index contributed by atoms with van der Waals surface area (Å²) in [5.41, 5.74) is 0.328. The van der Waals surface area contributed by atoms with Gasteiger partial charge in [0.1, 0.15) is 0 Å². The molecule has 20 heavy (non-hydrogen) atoms. The Morgan fingerprint density at radius 1 is 1.00 bits per heavy atom. The largest absolute Gasteiger partial charge is 0.393 e. The van der Waals surface area contributed by atoms with E-state index in [0.717, 1.165) is 38.0 Å². The van der Waals surface area contributed by atoms with Gasteiger partial charge in [-0.05, 0) is 55.3 Å². The van der Waals surface area contributed by atoms with Crippen molar-refractivity contribution in [2.45, 2.75) is 90.8 Å². The van der Waals surface area contributed by atoms with Crippen molar-refractivity contribution in [3.8, 4) is 0 Å². The molecule has 2 heteroatoms. The molecule has 0 aromatic rings. The summed E-state index contributed by atoms with van der Waals surface area (Å²) in [5, 5.41) is 20.6. The number of aliphatic hydroxyl groups excluding tert-OH is 2. The predicted octanol–water partition coefficient (Wildman–Crippen LogP) is 4.14. The van der Waals surface area contributed by atoms with E-state index in [1.54, 1.807) is 0 Å². The molecule has 118 valence electrons. The van der Waals surface area contributed by atoms with Crippen molar-refractivity contribution in [1.29, 1.82) is 0 Å². The van der Waals surface area contributed by atoms with E-state index in [0.29, 0.717) is 17.3 Å². The highest BCUT2D eigenvalue weighted by molar-refractivity contribution is 4.87. The van der Waals surface area contributed by atoms with Crippen molar-refractivity contribution in [3.05, 3.63) is 0 Å². The lowest BCUT2D eigenvalue weighted by molar-refractivity contribution is -0.00828. The van der Waals surface area contributed by atoms with Crippen LogP contribution in [0.4, 0.5) is 0 Å². The molecular formula is C18H34O2. The van der Waals surface area contributed by atoms with Gasteiger partial charge in [0.05, 0.1) is 12.2 Å². The lowest BCUT2D eigenvalue weighted by Crippen LogP contribution is -2.36. The van der Waals surface area contributed by atoms with Crippen LogP contribution in [-0.2, 0) is 0 Å². The second kappa shape index (κ2) is 6.79. The first-order chi connectivity index (χ1) is 9.36. The molecular weight excluding hydrogens is 248 g/mol. The van der Waals surface area contributed by atoms with Gasteiger partial charge in [-0.2, -0.15) is 0 Å². The van der Waals surface area contributed by atoms with Crippen molar-refractivity contribution >= 4 is 0 Å². The lowest BCUT2D eigenvalue weighted by Gasteiger charge is -2.40. The molecule has 0 saturated heterocycles. The van der Waals surface area contributed by atoms with Gasteiger partial charge in [0.15, 0.2) is 0 Å². The maximum atomic E-state index is 10.4. The van der Waals surface area contributed by atoms with Crippen molar-refractivity contribution in [2.75, 3.05) is 0 Å². The molecule has 2 fully saturated rings. The van der Waals surface area contributed by atoms with Crippen LogP contribution >= 0.6 is 0 Å². The molecule has 2 nitrogen and oxygen atoms in total. The molecule has 0 aromatic carbocycles. The molecule has 0 bridgehead atoms. The van der Waals surface area contributed by atoms with E-state index in [9.17, 15) is 10.2 Å². The van der Waals surface area contributed by atoms with Gasteiger partial charge in [0.25, 0.3) is 0 Å². The zero-order valence-corrected chi connectivity index (χ0v) is 13.6. The SMILES string of the molecule is CC(C)(C)C1CCC(O)C(CC(O)CC2CCCC2)C1. The van der Waals surface area contributed by atoms with Crippen molar-refractivity contribution in [1.82, 2.24) is 0 Å². The second-order valence-electron chi connectivity index (χ2n) is 8.48. The Bertz CT molecular complexity index is 288. The summed E-state index contributed by atoms with van der Waals surface area (Å²) in [6, 6.07) is 0. The molecule has 4 unspecified atom stereocenters. The van der Waals surface area contributed by atoms with Gasteiger partial charge in [0, 0.05) is 0 Å². The molecule has 0 radical (unpaired) electrons. The highest BCUT2D eigenvalue weighted by Crippen LogP contribution is 2.42. The van der Waals surface area contributed by atoms with E-state index in [-0.39, 0.29) is 12.2 Å². The monoisotopic (exact) mass is 282 g/mol. The van der Waals surface area contributed by atoms with Crippen LogP contribution in [0.15, 0.2) is 0 Å². The van der Waals surface area contributed by atoms with Crippen molar-refractivity contribution in [3.63, 3.8) is 0 Å². The zero-order valence-electron chi connectivity index (χ0n) is 13.6. The molecule has 4 atom stereocenters. The van der Waals surface area contributed by atoms with Gasteiger partial charge in [-0.3, -0.25) is 0 Å². The third-order valence-corrected chi connectivity index (χ3v) is 5.82. The average Bonchev–Trinajstić information content (AvgIpc) is 2.83. The lowest BCUT2D eigenvalue weighted by atomic mass is 9.67. The van der Waals surface area contributed by atoms with Crippen molar-refractivity contribution in [2.24, 2.45) is 23.2 Å². The second-order valence-corrected chi connectivity index (χ2v) is 8.48. The van der Waals surface area contributed by atoms with Gasteiger partial charge >= 0.3 is 0 Å². The number of rotatable bonds is 4. The van der Waals surface area contributed by atoms with Gasteiger partial charge < -0.3 is 10.2 Å². The number of hydrogen-bond donors (Lipinski definition) is 2. The summed E-state index contributed by atoms with van der Waals surface area (Å²) in [7, 11) is 0. The quantitative estimate of drug-likeness (QED) is 0.813. The molecule has 2 aliphatic rings. The first-order valence-electron chi connectivity index (χ1n) is 8.72. The van der Waals surface area contributed by atoms with Gasteiger partial charge in [-0.15, -0.1) is 0 Å². The molecule has 0 heterocycles. The maximum absolute atomic E-state index is 10.4. The van der Waals surface area contributed by atoms with E-state index >= 15 is 0 Å². The van der Waals surface area contributed by atoms with Crippen LogP contribution in [-0.4, -0.2) is 22.4 Å². The normalized spacial score (nSPS) is 34.4. The highest BCUT2D eigenvalue weighted by Gasteiger charge is 2.36. The molecule has 0 aliphatic heterocycles. The summed E-state index contributed by atoms with van der Waals surface area (Å²) in [4.78, 5) is 0. The molecule has 0 aromatic heterocycles. The van der Waals surface area contributed by atoms with E-state index < -0.39 is 0 Å². The number of hydrogen-bond acceptors (Lipinski definition) is 2. The maximum Gasteiger partial charge on any atom is 0.0569 e. The van der Waals surface area contributed by atoms with E-state index in [2.05, 4.69) is 20.8 Å². The summed E-state index contributed by atoms with van der Waals surface area (Å²) in [6.07, 6.45) is 9.82. The van der Waals surface area contributed by atoms with Crippen LogP contribution in [0.25, 0.3) is 0 Å². The Labute approximate surface area is 125 Å². The standard InChI is InChI=1S/C18H34O2/c1-18(2,3)15-8-9-17(20)14(11-15)12-16(19)10-13-6-4-5-7-13/h13-17,19-20H,4-12H2,1-3H3. The van der Waals surface area contributed by atoms with Gasteiger partial charge in [-0.25, -0.2) is 0 Å². The van der Waals surface area contributed by atoms with E-state index in [1.165, 1.54) is 25.7 Å². The summed E-state index contributed by atoms with van der Waals surface area (Å²) in [6.45, 7) is 6.92. The van der Waals surface area contributed by atoms with Gasteiger partial charge in [0.2, 0.25) is 0 Å². The first kappa shape index (κ1) is 16.3. The van der Waals surface area contributed by atoms with E-state index in [4.69, 9.17) is 0 Å². The minimum absolute atomic E-state index is 0.188. The Hall–Kier alpha value is -0.0800. The van der Waals surface area contributed by atoms with Crippen LogP contribution in [0, 0.1) is 23.2 Å². The third kappa shape index (κ3) is 4.46. The summed E-state index contributed by atoms with van der Waals surface area (Å²) in [5.74, 6) is 1.74. The minimum Gasteiger partial charge on any atom is -0.393 e. The highest BCUT2D eigenvalue weighted by atomic mass is 16.3. The summed E-state index contributed by atoms with van der Waals surface area (Å²) < 4.78 is 0. The predicted molar refractivity (Wildman–Crippen MR) is 83.5 cm³/mol. The molecule has 0 amide bonds. The average molecular weight is 282 g/mol. The van der Waals surface area contributed by atoms with Crippen LogP contribution in [0.5, 0.6) is 0 Å². The topological polar surface area (TPSA) is 40.5 Å². The number of aliphatic hydroxyl groups is 2. The molecule has 2 aliphatic carbocycles. The molecule has 2 saturated carbocycles. The van der Waals surface area contributed by atoms with Gasteiger partial charge in [-0.1, -0.05) is 46.5 Å². The Morgan fingerprint density at radius 3 is 2.25 bits per heavy atom.